The molecule has 1 saturated heterocycles. The molecule has 0 aliphatic carbocycles. The van der Waals surface area contributed by atoms with Crippen molar-refractivity contribution in [2.75, 3.05) is 37.7 Å². The number of likely N-dealkylation sites (tertiary alicyclic amines) is 1. The Hall–Kier alpha value is -1.57. The highest BCUT2D eigenvalue weighted by Crippen LogP contribution is 2.18. The quantitative estimate of drug-likeness (QED) is 0.649. The number of nitrogens with one attached hydrogen (secondary N) is 1. The van der Waals surface area contributed by atoms with Crippen LogP contribution in [0.4, 0.5) is 0 Å². The van der Waals surface area contributed by atoms with E-state index in [4.69, 9.17) is 17.3 Å². The first-order valence-electron chi connectivity index (χ1n) is 8.63. The van der Waals surface area contributed by atoms with Gasteiger partial charge in [-0.3, -0.25) is 14.4 Å². The molecule has 1 heterocycles. The molecule has 1 fully saturated rings. The number of piperidine rings is 1. The van der Waals surface area contributed by atoms with Crippen LogP contribution < -0.4 is 11.1 Å². The maximum absolute atomic E-state index is 12.4. The Balaban J connectivity index is 1.75. The number of hydrogen-bond acceptors (Lipinski definition) is 5. The zero-order chi connectivity index (χ0) is 18.9. The van der Waals surface area contributed by atoms with Crippen LogP contribution in [-0.4, -0.2) is 60.2 Å². The number of carbonyl (C=O) groups excluding carboxylic acids is 3. The third-order valence-electron chi connectivity index (χ3n) is 4.21. The summed E-state index contributed by atoms with van der Waals surface area (Å²) in [5.74, 6) is 0.184. The van der Waals surface area contributed by atoms with Crippen molar-refractivity contribution in [3.63, 3.8) is 0 Å². The van der Waals surface area contributed by atoms with Crippen LogP contribution in [0.2, 0.25) is 5.02 Å². The van der Waals surface area contributed by atoms with Crippen LogP contribution in [0.15, 0.2) is 24.3 Å². The van der Waals surface area contributed by atoms with Gasteiger partial charge in [0, 0.05) is 36.8 Å². The molecule has 1 atom stereocenters. The summed E-state index contributed by atoms with van der Waals surface area (Å²) in [5.41, 5.74) is 5.98. The Bertz CT molecular complexity index is 639. The average molecular weight is 398 g/mol. The van der Waals surface area contributed by atoms with Crippen molar-refractivity contribution in [2.45, 2.75) is 12.8 Å². The predicted octanol–water partition coefficient (Wildman–Crippen LogP) is 1.57. The average Bonchev–Trinajstić information content (AvgIpc) is 2.66. The zero-order valence-corrected chi connectivity index (χ0v) is 16.2. The highest BCUT2D eigenvalue weighted by atomic mass is 35.5. The van der Waals surface area contributed by atoms with Crippen LogP contribution in [0.25, 0.3) is 0 Å². The van der Waals surface area contributed by atoms with Gasteiger partial charge in [-0.15, -0.1) is 11.8 Å². The molecule has 2 amide bonds. The first-order chi connectivity index (χ1) is 12.5. The third-order valence-corrected chi connectivity index (χ3v) is 5.38. The summed E-state index contributed by atoms with van der Waals surface area (Å²) in [5, 5.41) is 3.36. The van der Waals surface area contributed by atoms with Gasteiger partial charge in [0.05, 0.1) is 17.4 Å². The van der Waals surface area contributed by atoms with Gasteiger partial charge in [-0.2, -0.15) is 0 Å². The van der Waals surface area contributed by atoms with Crippen molar-refractivity contribution in [1.82, 2.24) is 10.2 Å². The number of nitrogens with two attached hydrogens (primary N) is 1. The standard InChI is InChI=1S/C18H24ClN3O3S/c19-15-5-3-13(4-6-15)16(23)11-26-12-17(24)22-9-1-2-14(10-22)18(25)21-8-7-20/h3-6,14H,1-2,7-12,20H2,(H,21,25). The summed E-state index contributed by atoms with van der Waals surface area (Å²) in [6.07, 6.45) is 1.59. The topological polar surface area (TPSA) is 92.5 Å². The first kappa shape index (κ1) is 20.7. The minimum atomic E-state index is -0.181. The fraction of sp³-hybridized carbons (Fsp3) is 0.500. The van der Waals surface area contributed by atoms with E-state index in [0.29, 0.717) is 36.8 Å². The summed E-state index contributed by atoms with van der Waals surface area (Å²) in [6, 6.07) is 6.72. The van der Waals surface area contributed by atoms with E-state index in [-0.39, 0.29) is 35.0 Å². The molecule has 0 radical (unpaired) electrons. The molecule has 3 N–H and O–H groups in total. The summed E-state index contributed by atoms with van der Waals surface area (Å²) in [6.45, 7) is 1.94. The number of benzene rings is 1. The van der Waals surface area contributed by atoms with Crippen molar-refractivity contribution in [1.29, 1.82) is 0 Å². The molecule has 6 nitrogen and oxygen atoms in total. The fourth-order valence-corrected chi connectivity index (χ4v) is 3.74. The van der Waals surface area contributed by atoms with Crippen molar-refractivity contribution in [2.24, 2.45) is 11.7 Å². The van der Waals surface area contributed by atoms with Crippen LogP contribution >= 0.6 is 23.4 Å². The van der Waals surface area contributed by atoms with Gasteiger partial charge < -0.3 is 16.0 Å². The lowest BCUT2D eigenvalue weighted by atomic mass is 9.97. The Morgan fingerprint density at radius 1 is 1.23 bits per heavy atom. The molecule has 8 heteroatoms. The van der Waals surface area contributed by atoms with Crippen LogP contribution in [-0.2, 0) is 9.59 Å². The number of nitrogens with zero attached hydrogens (tertiary/aromatic N) is 1. The lowest BCUT2D eigenvalue weighted by molar-refractivity contribution is -0.133. The van der Waals surface area contributed by atoms with Gasteiger partial charge in [-0.25, -0.2) is 0 Å². The van der Waals surface area contributed by atoms with E-state index in [9.17, 15) is 14.4 Å². The van der Waals surface area contributed by atoms with E-state index >= 15 is 0 Å². The molecule has 1 unspecified atom stereocenters. The number of thioether (sulfide) groups is 1. The van der Waals surface area contributed by atoms with Gasteiger partial charge in [0.2, 0.25) is 11.8 Å². The molecular formula is C18H24ClN3O3S. The van der Waals surface area contributed by atoms with Gasteiger partial charge >= 0.3 is 0 Å². The molecule has 26 heavy (non-hydrogen) atoms. The maximum atomic E-state index is 12.4. The van der Waals surface area contributed by atoms with Crippen molar-refractivity contribution in [3.8, 4) is 0 Å². The second-order valence-electron chi connectivity index (χ2n) is 6.18. The van der Waals surface area contributed by atoms with E-state index in [1.165, 1.54) is 11.8 Å². The number of halogens is 1. The Labute approximate surface area is 162 Å². The third kappa shape index (κ3) is 6.30. The van der Waals surface area contributed by atoms with Gasteiger partial charge in [0.15, 0.2) is 5.78 Å². The normalized spacial score (nSPS) is 17.0. The molecule has 1 aliphatic rings. The highest BCUT2D eigenvalue weighted by Gasteiger charge is 2.28. The van der Waals surface area contributed by atoms with Gasteiger partial charge in [-0.05, 0) is 37.1 Å². The van der Waals surface area contributed by atoms with Gasteiger partial charge in [-0.1, -0.05) is 11.6 Å². The molecule has 142 valence electrons. The monoisotopic (exact) mass is 397 g/mol. The molecular weight excluding hydrogens is 374 g/mol. The number of Topliss-reactive ketones (excluding diaryl/α,β-unsaturated/α-hetero) is 1. The summed E-state index contributed by atoms with van der Waals surface area (Å²) in [4.78, 5) is 38.2. The van der Waals surface area contributed by atoms with Crippen molar-refractivity contribution in [3.05, 3.63) is 34.9 Å². The zero-order valence-electron chi connectivity index (χ0n) is 14.6. The largest absolute Gasteiger partial charge is 0.355 e. The first-order valence-corrected chi connectivity index (χ1v) is 10.2. The second-order valence-corrected chi connectivity index (χ2v) is 7.60. The van der Waals surface area contributed by atoms with E-state index in [1.807, 2.05) is 0 Å². The number of carbonyl (C=O) groups is 3. The van der Waals surface area contributed by atoms with E-state index in [0.717, 1.165) is 12.8 Å². The maximum Gasteiger partial charge on any atom is 0.232 e. The number of rotatable bonds is 8. The smallest absolute Gasteiger partial charge is 0.232 e. The molecule has 1 aliphatic heterocycles. The molecule has 0 aromatic heterocycles. The van der Waals surface area contributed by atoms with E-state index < -0.39 is 0 Å². The minimum Gasteiger partial charge on any atom is -0.355 e. The van der Waals surface area contributed by atoms with Crippen LogP contribution in [0.3, 0.4) is 0 Å². The SMILES string of the molecule is NCCNC(=O)C1CCCN(C(=O)CSCC(=O)c2ccc(Cl)cc2)C1. The van der Waals surface area contributed by atoms with Crippen LogP contribution in [0.1, 0.15) is 23.2 Å². The molecule has 0 bridgehead atoms. The number of hydrogen-bond donors (Lipinski definition) is 2. The molecule has 0 spiro atoms. The Morgan fingerprint density at radius 3 is 2.65 bits per heavy atom. The summed E-state index contributed by atoms with van der Waals surface area (Å²) in [7, 11) is 0. The lowest BCUT2D eigenvalue weighted by Crippen LogP contribution is -2.46. The molecule has 1 aromatic carbocycles. The van der Waals surface area contributed by atoms with E-state index in [1.54, 1.807) is 29.2 Å². The Kier molecular flexibility index (Phi) is 8.41. The van der Waals surface area contributed by atoms with E-state index in [2.05, 4.69) is 5.32 Å². The highest BCUT2D eigenvalue weighted by molar-refractivity contribution is 8.00. The molecule has 0 saturated carbocycles. The van der Waals surface area contributed by atoms with Crippen molar-refractivity contribution >= 4 is 41.0 Å². The van der Waals surface area contributed by atoms with Crippen LogP contribution in [0, 0.1) is 5.92 Å². The van der Waals surface area contributed by atoms with Crippen molar-refractivity contribution < 1.29 is 14.4 Å². The summed E-state index contributed by atoms with van der Waals surface area (Å²) >= 11 is 7.10. The second kappa shape index (κ2) is 10.5. The molecule has 1 aromatic rings. The lowest BCUT2D eigenvalue weighted by Gasteiger charge is -2.32. The predicted molar refractivity (Wildman–Crippen MR) is 104 cm³/mol. The number of amides is 2. The van der Waals surface area contributed by atoms with Gasteiger partial charge in [0.1, 0.15) is 0 Å². The Morgan fingerprint density at radius 2 is 1.96 bits per heavy atom. The summed E-state index contributed by atoms with van der Waals surface area (Å²) < 4.78 is 0. The fourth-order valence-electron chi connectivity index (χ4n) is 2.80. The molecule has 2 rings (SSSR count). The van der Waals surface area contributed by atoms with Crippen LogP contribution in [0.5, 0.6) is 0 Å². The number of ketones is 1. The van der Waals surface area contributed by atoms with Gasteiger partial charge in [0.25, 0.3) is 0 Å². The minimum absolute atomic E-state index is 0.0304.